The van der Waals surface area contributed by atoms with E-state index in [2.05, 4.69) is 5.32 Å². The number of amides is 2. The molecule has 0 aromatic heterocycles. The summed E-state index contributed by atoms with van der Waals surface area (Å²) in [6, 6.07) is 4.65. The van der Waals surface area contributed by atoms with E-state index in [-0.39, 0.29) is 42.8 Å². The summed E-state index contributed by atoms with van der Waals surface area (Å²) in [7, 11) is 0. The first-order valence-electron chi connectivity index (χ1n) is 10.7. The number of carbonyl (C=O) groups is 3. The molecule has 9 heteroatoms. The predicted octanol–water partition coefficient (Wildman–Crippen LogP) is 2.62. The summed E-state index contributed by atoms with van der Waals surface area (Å²) in [6.07, 6.45) is 1.81. The Bertz CT molecular complexity index is 892. The van der Waals surface area contributed by atoms with Crippen molar-refractivity contribution in [3.63, 3.8) is 0 Å². The first kappa shape index (κ1) is 22.4. The number of carbonyl (C=O) groups excluding carboxylic acids is 3. The molecule has 4 rings (SSSR count). The van der Waals surface area contributed by atoms with E-state index in [1.807, 2.05) is 19.1 Å². The minimum absolute atomic E-state index is 0.0228. The van der Waals surface area contributed by atoms with Crippen molar-refractivity contribution in [2.75, 3.05) is 25.1 Å². The number of hydrogen-bond donors (Lipinski definition) is 2. The van der Waals surface area contributed by atoms with E-state index >= 15 is 0 Å². The molecule has 1 aromatic rings. The number of nitrogens with zero attached hydrogens (tertiary/aromatic N) is 1. The first-order chi connectivity index (χ1) is 14.9. The average molecular weight is 467 g/mol. The summed E-state index contributed by atoms with van der Waals surface area (Å²) < 4.78 is 4.62. The Morgan fingerprint density at radius 2 is 2.19 bits per heavy atom. The summed E-state index contributed by atoms with van der Waals surface area (Å²) in [6.45, 7) is 4.04. The number of hydrogen-bond acceptors (Lipinski definition) is 6. The number of aliphatic hydroxyl groups excluding tert-OH is 1. The molecule has 5 atom stereocenters. The molecular weight excluding hydrogens is 440 g/mol. The molecule has 3 fully saturated rings. The van der Waals surface area contributed by atoms with Crippen LogP contribution in [0.2, 0.25) is 5.02 Å². The summed E-state index contributed by atoms with van der Waals surface area (Å²) in [5.74, 6) is -1.98. The van der Waals surface area contributed by atoms with E-state index < -0.39 is 22.6 Å². The maximum absolute atomic E-state index is 13.6. The average Bonchev–Trinajstić information content (AvgIpc) is 3.37. The number of aliphatic hydroxyl groups is 1. The van der Waals surface area contributed by atoms with Crippen molar-refractivity contribution < 1.29 is 24.2 Å². The normalized spacial score (nSPS) is 31.1. The quantitative estimate of drug-likeness (QED) is 0.600. The summed E-state index contributed by atoms with van der Waals surface area (Å²) >= 11 is 7.91. The van der Waals surface area contributed by atoms with Crippen molar-refractivity contribution in [3.8, 4) is 0 Å². The number of ether oxygens (including phenoxy) is 1. The summed E-state index contributed by atoms with van der Waals surface area (Å²) in [5, 5.41) is 12.7. The second kappa shape index (κ2) is 8.64. The fraction of sp³-hybridized carbons (Fsp3) is 0.591. The van der Waals surface area contributed by atoms with Gasteiger partial charge in [0.15, 0.2) is 0 Å². The predicted molar refractivity (Wildman–Crippen MR) is 119 cm³/mol. The SMILES string of the molecule is CCOC(=O)[C@@H]1[C@H]2C(=O)N(CCCO)C(C(=O)Nc3c(C)cccc3Cl)C23CC[C@H]1S3. The third kappa shape index (κ3) is 3.52. The zero-order chi connectivity index (χ0) is 22.3. The minimum atomic E-state index is -0.735. The molecule has 2 N–H and O–H groups in total. The lowest BCUT2D eigenvalue weighted by Gasteiger charge is -2.34. The Kier molecular flexibility index (Phi) is 6.25. The number of benzene rings is 1. The van der Waals surface area contributed by atoms with Gasteiger partial charge in [0.2, 0.25) is 11.8 Å². The van der Waals surface area contributed by atoms with Crippen LogP contribution in [-0.2, 0) is 19.1 Å². The van der Waals surface area contributed by atoms with Crippen LogP contribution < -0.4 is 5.32 Å². The standard InChI is InChI=1S/C22H27ClN2O5S/c1-3-30-21(29)15-14-8-9-22(31-14)16(15)20(28)25(10-5-11-26)18(22)19(27)24-17-12(2)6-4-7-13(17)23/h4,6-7,14-16,18,26H,3,5,8-11H2,1-2H3,(H,24,27)/t14-,15+,16+,18?,22?/m1/s1. The third-order valence-electron chi connectivity index (χ3n) is 6.63. The molecule has 168 valence electrons. The van der Waals surface area contributed by atoms with Crippen molar-refractivity contribution >= 4 is 46.8 Å². The van der Waals surface area contributed by atoms with Crippen LogP contribution in [0.15, 0.2) is 18.2 Å². The summed E-state index contributed by atoms with van der Waals surface area (Å²) in [4.78, 5) is 41.4. The second-order valence-electron chi connectivity index (χ2n) is 8.34. The number of fused-ring (bicyclic) bond motifs is 1. The van der Waals surface area contributed by atoms with Crippen molar-refractivity contribution in [3.05, 3.63) is 28.8 Å². The van der Waals surface area contributed by atoms with Gasteiger partial charge in [0.05, 0.1) is 33.9 Å². The molecule has 7 nitrogen and oxygen atoms in total. The molecule has 0 saturated carbocycles. The highest BCUT2D eigenvalue weighted by atomic mass is 35.5. The lowest BCUT2D eigenvalue weighted by atomic mass is 9.71. The maximum Gasteiger partial charge on any atom is 0.310 e. The van der Waals surface area contributed by atoms with Crippen LogP contribution in [0.1, 0.15) is 31.7 Å². The van der Waals surface area contributed by atoms with Crippen molar-refractivity contribution in [2.45, 2.75) is 49.1 Å². The number of nitrogens with one attached hydrogen (secondary N) is 1. The molecule has 1 aromatic carbocycles. The van der Waals surface area contributed by atoms with Crippen molar-refractivity contribution in [1.82, 2.24) is 4.90 Å². The van der Waals surface area contributed by atoms with Gasteiger partial charge in [0.25, 0.3) is 0 Å². The van der Waals surface area contributed by atoms with Crippen LogP contribution in [0, 0.1) is 18.8 Å². The second-order valence-corrected chi connectivity index (χ2v) is 10.3. The van der Waals surface area contributed by atoms with Crippen molar-refractivity contribution in [1.29, 1.82) is 0 Å². The van der Waals surface area contributed by atoms with Crippen LogP contribution in [0.3, 0.4) is 0 Å². The van der Waals surface area contributed by atoms with Crippen LogP contribution in [0.25, 0.3) is 0 Å². The van der Waals surface area contributed by atoms with Crippen molar-refractivity contribution in [2.24, 2.45) is 11.8 Å². The molecular formula is C22H27ClN2O5S. The Morgan fingerprint density at radius 3 is 2.87 bits per heavy atom. The topological polar surface area (TPSA) is 95.9 Å². The smallest absolute Gasteiger partial charge is 0.310 e. The van der Waals surface area contributed by atoms with E-state index in [0.29, 0.717) is 23.6 Å². The van der Waals surface area contributed by atoms with Crippen LogP contribution in [0.5, 0.6) is 0 Å². The van der Waals surface area contributed by atoms with E-state index in [4.69, 9.17) is 16.3 Å². The largest absolute Gasteiger partial charge is 0.466 e. The van der Waals surface area contributed by atoms with Gasteiger partial charge in [-0.2, -0.15) is 0 Å². The van der Waals surface area contributed by atoms with Gasteiger partial charge < -0.3 is 20.1 Å². The van der Waals surface area contributed by atoms with Gasteiger partial charge in [-0.15, -0.1) is 11.8 Å². The Hall–Kier alpha value is -1.77. The minimum Gasteiger partial charge on any atom is -0.466 e. The molecule has 3 aliphatic rings. The molecule has 0 aliphatic carbocycles. The van der Waals surface area contributed by atoms with Gasteiger partial charge in [-0.3, -0.25) is 14.4 Å². The number of thioether (sulfide) groups is 1. The highest BCUT2D eigenvalue weighted by Gasteiger charge is 2.73. The molecule has 0 radical (unpaired) electrons. The molecule has 1 spiro atoms. The molecule has 2 unspecified atom stereocenters. The number of likely N-dealkylation sites (tertiary alicyclic amines) is 1. The third-order valence-corrected chi connectivity index (χ3v) is 8.90. The van der Waals surface area contributed by atoms with Crippen LogP contribution in [-0.4, -0.2) is 63.6 Å². The number of aryl methyl sites for hydroxylation is 1. The maximum atomic E-state index is 13.6. The van der Waals surface area contributed by atoms with Gasteiger partial charge in [-0.25, -0.2) is 0 Å². The number of esters is 1. The monoisotopic (exact) mass is 466 g/mol. The van der Waals surface area contributed by atoms with E-state index in [0.717, 1.165) is 12.0 Å². The number of para-hydroxylation sites is 1. The Labute approximate surface area is 190 Å². The molecule has 3 heterocycles. The van der Waals surface area contributed by atoms with Gasteiger partial charge in [0.1, 0.15) is 6.04 Å². The van der Waals surface area contributed by atoms with Gasteiger partial charge in [-0.1, -0.05) is 23.7 Å². The molecule has 3 aliphatic heterocycles. The van der Waals surface area contributed by atoms with E-state index in [9.17, 15) is 19.5 Å². The van der Waals surface area contributed by atoms with Crippen LogP contribution >= 0.6 is 23.4 Å². The van der Waals surface area contributed by atoms with E-state index in [1.54, 1.807) is 29.7 Å². The van der Waals surface area contributed by atoms with Gasteiger partial charge >= 0.3 is 5.97 Å². The Balaban J connectivity index is 1.70. The fourth-order valence-electron chi connectivity index (χ4n) is 5.42. The lowest BCUT2D eigenvalue weighted by Crippen LogP contribution is -2.51. The Morgan fingerprint density at radius 1 is 1.42 bits per heavy atom. The summed E-state index contributed by atoms with van der Waals surface area (Å²) in [5.41, 5.74) is 1.36. The lowest BCUT2D eigenvalue weighted by molar-refractivity contribution is -0.153. The molecule has 31 heavy (non-hydrogen) atoms. The molecule has 2 amide bonds. The zero-order valence-electron chi connectivity index (χ0n) is 17.6. The molecule has 2 bridgehead atoms. The zero-order valence-corrected chi connectivity index (χ0v) is 19.2. The highest BCUT2D eigenvalue weighted by Crippen LogP contribution is 2.66. The fourth-order valence-corrected chi connectivity index (χ4v) is 7.90. The van der Waals surface area contributed by atoms with Gasteiger partial charge in [0, 0.05) is 18.4 Å². The highest BCUT2D eigenvalue weighted by molar-refractivity contribution is 8.02. The molecule has 3 saturated heterocycles. The first-order valence-corrected chi connectivity index (χ1v) is 11.9. The van der Waals surface area contributed by atoms with E-state index in [1.165, 1.54) is 0 Å². The number of anilines is 1. The number of halogens is 1. The van der Waals surface area contributed by atoms with Gasteiger partial charge in [-0.05, 0) is 44.7 Å². The van der Waals surface area contributed by atoms with Crippen LogP contribution in [0.4, 0.5) is 5.69 Å². The number of rotatable bonds is 7.